The van der Waals surface area contributed by atoms with Crippen molar-refractivity contribution < 1.29 is 14.7 Å². The van der Waals surface area contributed by atoms with E-state index < -0.39 is 12.0 Å². The van der Waals surface area contributed by atoms with Gasteiger partial charge in [0, 0.05) is 19.1 Å². The number of carbonyl (C=O) groups is 2. The lowest BCUT2D eigenvalue weighted by Crippen LogP contribution is -2.51. The van der Waals surface area contributed by atoms with E-state index in [1.54, 1.807) is 4.90 Å². The van der Waals surface area contributed by atoms with Crippen molar-refractivity contribution in [2.24, 2.45) is 5.73 Å². The Morgan fingerprint density at radius 2 is 2.12 bits per heavy atom. The number of nitrogens with zero attached hydrogens (tertiary/aromatic N) is 1. The van der Waals surface area contributed by atoms with E-state index in [-0.39, 0.29) is 18.5 Å². The fourth-order valence-corrected chi connectivity index (χ4v) is 1.73. The van der Waals surface area contributed by atoms with Gasteiger partial charge in [0.05, 0.1) is 0 Å². The van der Waals surface area contributed by atoms with E-state index in [1.807, 2.05) is 0 Å². The van der Waals surface area contributed by atoms with Crippen molar-refractivity contribution in [1.82, 2.24) is 10.2 Å². The van der Waals surface area contributed by atoms with Crippen molar-refractivity contribution in [3.63, 3.8) is 0 Å². The van der Waals surface area contributed by atoms with Gasteiger partial charge in [-0.05, 0) is 19.3 Å². The van der Waals surface area contributed by atoms with E-state index in [4.69, 9.17) is 10.8 Å². The van der Waals surface area contributed by atoms with Gasteiger partial charge in [0.1, 0.15) is 6.04 Å². The van der Waals surface area contributed by atoms with Crippen LogP contribution < -0.4 is 11.1 Å². The highest BCUT2D eigenvalue weighted by Gasteiger charge is 2.24. The maximum Gasteiger partial charge on any atom is 0.326 e. The maximum absolute atomic E-state index is 11.8. The molecular formula is C11H19N3O3. The summed E-state index contributed by atoms with van der Waals surface area (Å²) in [4.78, 5) is 24.2. The molecule has 1 aliphatic heterocycles. The molecule has 1 saturated heterocycles. The van der Waals surface area contributed by atoms with Gasteiger partial charge >= 0.3 is 12.0 Å². The Bertz CT molecular complexity index is 298. The summed E-state index contributed by atoms with van der Waals surface area (Å²) in [5.74, 6) is -1.05. The molecule has 0 bridgehead atoms. The molecule has 0 spiro atoms. The molecule has 96 valence electrons. The number of urea groups is 1. The Morgan fingerprint density at radius 1 is 1.53 bits per heavy atom. The molecule has 0 aromatic heterocycles. The van der Waals surface area contributed by atoms with Gasteiger partial charge in [0.15, 0.2) is 0 Å². The highest BCUT2D eigenvalue weighted by Crippen LogP contribution is 2.08. The summed E-state index contributed by atoms with van der Waals surface area (Å²) in [6.45, 7) is 4.62. The molecule has 0 saturated carbocycles. The number of rotatable bonds is 4. The third-order valence-corrected chi connectivity index (χ3v) is 2.82. The van der Waals surface area contributed by atoms with Gasteiger partial charge in [-0.2, -0.15) is 0 Å². The number of nitrogens with two attached hydrogens (primary N) is 1. The van der Waals surface area contributed by atoms with Crippen molar-refractivity contribution in [2.45, 2.75) is 31.3 Å². The summed E-state index contributed by atoms with van der Waals surface area (Å²) >= 11 is 0. The number of amides is 2. The first-order chi connectivity index (χ1) is 8.04. The third kappa shape index (κ3) is 4.07. The van der Waals surface area contributed by atoms with Gasteiger partial charge in [-0.3, -0.25) is 0 Å². The van der Waals surface area contributed by atoms with Crippen molar-refractivity contribution in [2.75, 3.05) is 13.1 Å². The number of likely N-dealkylation sites (tertiary alicyclic amines) is 1. The second-order valence-corrected chi connectivity index (χ2v) is 4.19. The Hall–Kier alpha value is -1.56. The van der Waals surface area contributed by atoms with E-state index in [2.05, 4.69) is 11.9 Å². The van der Waals surface area contributed by atoms with Gasteiger partial charge in [-0.15, -0.1) is 6.58 Å². The highest BCUT2D eigenvalue weighted by molar-refractivity contribution is 5.82. The smallest absolute Gasteiger partial charge is 0.326 e. The monoisotopic (exact) mass is 241 g/mol. The van der Waals surface area contributed by atoms with Gasteiger partial charge in [0.25, 0.3) is 0 Å². The standard InChI is InChI=1S/C11H19N3O3/c1-2-3-9(10(15)16)13-11(17)14-6-4-8(12)5-7-14/h2,8-9H,1,3-7,12H2,(H,13,17)(H,15,16). The van der Waals surface area contributed by atoms with Crippen LogP contribution in [0.5, 0.6) is 0 Å². The van der Waals surface area contributed by atoms with Gasteiger partial charge in [-0.1, -0.05) is 6.08 Å². The normalized spacial score (nSPS) is 18.5. The molecule has 1 fully saturated rings. The van der Waals surface area contributed by atoms with E-state index in [0.717, 1.165) is 12.8 Å². The number of carbonyl (C=O) groups excluding carboxylic acids is 1. The number of carboxylic acid groups (broad SMARTS) is 1. The molecule has 1 rings (SSSR count). The largest absolute Gasteiger partial charge is 0.480 e. The lowest BCUT2D eigenvalue weighted by Gasteiger charge is -2.31. The first-order valence-electron chi connectivity index (χ1n) is 5.69. The van der Waals surface area contributed by atoms with E-state index >= 15 is 0 Å². The van der Waals surface area contributed by atoms with Crippen molar-refractivity contribution in [3.8, 4) is 0 Å². The third-order valence-electron chi connectivity index (χ3n) is 2.82. The minimum atomic E-state index is -1.05. The van der Waals surface area contributed by atoms with Crippen LogP contribution in [0.4, 0.5) is 4.79 Å². The van der Waals surface area contributed by atoms with Gasteiger partial charge in [-0.25, -0.2) is 9.59 Å². The quantitative estimate of drug-likeness (QED) is 0.610. The van der Waals surface area contributed by atoms with Crippen LogP contribution >= 0.6 is 0 Å². The van der Waals surface area contributed by atoms with Crippen LogP contribution in [0.1, 0.15) is 19.3 Å². The van der Waals surface area contributed by atoms with E-state index in [1.165, 1.54) is 6.08 Å². The summed E-state index contributed by atoms with van der Waals surface area (Å²) < 4.78 is 0. The number of hydrogen-bond donors (Lipinski definition) is 3. The lowest BCUT2D eigenvalue weighted by molar-refractivity contribution is -0.139. The second kappa shape index (κ2) is 6.24. The molecule has 6 nitrogen and oxygen atoms in total. The zero-order chi connectivity index (χ0) is 12.8. The molecule has 0 aromatic carbocycles. The molecule has 1 heterocycles. The van der Waals surface area contributed by atoms with Gasteiger partial charge in [0.2, 0.25) is 0 Å². The Labute approximate surface area is 100 Å². The molecular weight excluding hydrogens is 222 g/mol. The number of carboxylic acids is 1. The van der Waals surface area contributed by atoms with Crippen LogP contribution in [0.2, 0.25) is 0 Å². The highest BCUT2D eigenvalue weighted by atomic mass is 16.4. The van der Waals surface area contributed by atoms with Crippen LogP contribution in [0.3, 0.4) is 0 Å². The average molecular weight is 241 g/mol. The second-order valence-electron chi connectivity index (χ2n) is 4.19. The molecule has 0 radical (unpaired) electrons. The molecule has 0 aromatic rings. The number of piperidine rings is 1. The maximum atomic E-state index is 11.8. The molecule has 17 heavy (non-hydrogen) atoms. The predicted molar refractivity (Wildman–Crippen MR) is 63.6 cm³/mol. The summed E-state index contributed by atoms with van der Waals surface area (Å²) in [5, 5.41) is 11.4. The predicted octanol–water partition coefficient (Wildman–Crippen LogP) is 0.148. The summed E-state index contributed by atoms with van der Waals surface area (Å²) in [6.07, 6.45) is 3.21. The molecule has 1 aliphatic rings. The SMILES string of the molecule is C=CCC(NC(=O)N1CCC(N)CC1)C(=O)O. The van der Waals surface area contributed by atoms with Crippen molar-refractivity contribution in [3.05, 3.63) is 12.7 Å². The Morgan fingerprint density at radius 3 is 2.59 bits per heavy atom. The lowest BCUT2D eigenvalue weighted by atomic mass is 10.1. The van der Waals surface area contributed by atoms with E-state index in [9.17, 15) is 9.59 Å². The zero-order valence-electron chi connectivity index (χ0n) is 9.76. The summed E-state index contributed by atoms with van der Waals surface area (Å²) in [6, 6.07) is -1.11. The first-order valence-corrected chi connectivity index (χ1v) is 5.69. The van der Waals surface area contributed by atoms with Crippen LogP contribution in [0.25, 0.3) is 0 Å². The van der Waals surface area contributed by atoms with Crippen LogP contribution in [0, 0.1) is 0 Å². The molecule has 4 N–H and O–H groups in total. The average Bonchev–Trinajstić information content (AvgIpc) is 2.29. The number of aliphatic carboxylic acids is 1. The van der Waals surface area contributed by atoms with E-state index in [0.29, 0.717) is 13.1 Å². The fourth-order valence-electron chi connectivity index (χ4n) is 1.73. The van der Waals surface area contributed by atoms with Crippen LogP contribution in [-0.4, -0.2) is 47.2 Å². The van der Waals surface area contributed by atoms with Crippen LogP contribution in [0.15, 0.2) is 12.7 Å². The fraction of sp³-hybridized carbons (Fsp3) is 0.636. The number of nitrogens with one attached hydrogen (secondary N) is 1. The van der Waals surface area contributed by atoms with Crippen molar-refractivity contribution >= 4 is 12.0 Å². The van der Waals surface area contributed by atoms with Gasteiger partial charge < -0.3 is 21.1 Å². The zero-order valence-corrected chi connectivity index (χ0v) is 9.76. The molecule has 1 unspecified atom stereocenters. The molecule has 0 aliphatic carbocycles. The minimum Gasteiger partial charge on any atom is -0.480 e. The number of hydrogen-bond acceptors (Lipinski definition) is 3. The van der Waals surface area contributed by atoms with Crippen molar-refractivity contribution in [1.29, 1.82) is 0 Å². The van der Waals surface area contributed by atoms with Crippen LogP contribution in [-0.2, 0) is 4.79 Å². The molecule has 2 amide bonds. The Balaban J connectivity index is 2.46. The minimum absolute atomic E-state index is 0.141. The molecule has 1 atom stereocenters. The molecule has 6 heteroatoms. The first kappa shape index (κ1) is 13.5. The summed E-state index contributed by atoms with van der Waals surface area (Å²) in [7, 11) is 0. The Kier molecular flexibility index (Phi) is 4.96. The summed E-state index contributed by atoms with van der Waals surface area (Å²) in [5.41, 5.74) is 5.73. The topological polar surface area (TPSA) is 95.7 Å².